The molecule has 0 saturated carbocycles. The van der Waals surface area contributed by atoms with Crippen LogP contribution in [0.25, 0.3) is 22.0 Å². The van der Waals surface area contributed by atoms with Gasteiger partial charge in [-0.25, -0.2) is 13.5 Å². The number of nitrogens with zero attached hydrogens (tertiary/aromatic N) is 3. The number of ether oxygens (including phenoxy) is 3. The normalized spacial score (nSPS) is 11.0. The molecule has 11 heteroatoms. The summed E-state index contributed by atoms with van der Waals surface area (Å²) >= 11 is 0.572. The van der Waals surface area contributed by atoms with Crippen LogP contribution >= 0.6 is 11.9 Å². The number of likely N-dealkylation sites (N-methyl/N-ethyl adjacent to an activating group) is 1. The molecule has 42 heavy (non-hydrogen) atoms. The molecule has 0 atom stereocenters. The number of aromatic nitrogens is 1. The number of primary amides is 1. The molecule has 2 aromatic carbocycles. The molecular weight excluding hydrogens is 559 g/mol. The number of carbonyl (C=O) groups excluding carboxylic acids is 2. The summed E-state index contributed by atoms with van der Waals surface area (Å²) in [6.45, 7) is 8.61. The van der Waals surface area contributed by atoms with E-state index < -0.39 is 11.8 Å². The maximum absolute atomic E-state index is 14.9. The zero-order valence-corrected chi connectivity index (χ0v) is 24.7. The molecule has 0 fully saturated rings. The van der Waals surface area contributed by atoms with Gasteiger partial charge in [0.2, 0.25) is 5.12 Å². The third-order valence-corrected chi connectivity index (χ3v) is 7.28. The summed E-state index contributed by atoms with van der Waals surface area (Å²) in [6, 6.07) is 16.5. The molecule has 0 unspecified atom stereocenters. The third-order valence-electron chi connectivity index (χ3n) is 6.45. The standard InChI is InChI=1S/C25H29FN4O5S.C6H4/c1-5-29(6-2)11-12-34-24-15-20-18(14-23(24)33-4)21(9-10-28-20)35-22-8-7-17(13-19(22)26)30(25(27)32)36-16(3)31;1-2-5-4-6(5)3-1/h7-10,13-15H,5-6,11-12H2,1-4H3,(H2,27,32);1-4H. The van der Waals surface area contributed by atoms with E-state index in [1.165, 1.54) is 37.3 Å². The monoisotopic (exact) mass is 592 g/mol. The maximum atomic E-state index is 14.9. The summed E-state index contributed by atoms with van der Waals surface area (Å²) in [6.07, 6.45) is 1.55. The predicted octanol–water partition coefficient (Wildman–Crippen LogP) is 6.64. The molecule has 2 N–H and O–H groups in total. The van der Waals surface area contributed by atoms with Crippen LogP contribution in [-0.4, -0.2) is 54.4 Å². The number of methoxy groups -OCH3 is 1. The van der Waals surface area contributed by atoms with Gasteiger partial charge in [0, 0.05) is 49.1 Å². The van der Waals surface area contributed by atoms with Crippen LogP contribution in [0, 0.1) is 5.82 Å². The molecule has 0 spiro atoms. The highest BCUT2D eigenvalue weighted by Gasteiger charge is 2.19. The fourth-order valence-electron chi connectivity index (χ4n) is 4.16. The first kappa shape index (κ1) is 30.6. The lowest BCUT2D eigenvalue weighted by Gasteiger charge is -2.19. The number of nitrogens with two attached hydrogens (primary N) is 1. The fraction of sp³-hybridized carbons (Fsp3) is 0.258. The Morgan fingerprint density at radius 1 is 0.952 bits per heavy atom. The van der Waals surface area contributed by atoms with Gasteiger partial charge in [-0.05, 0) is 54.5 Å². The first-order valence-corrected chi connectivity index (χ1v) is 14.2. The Bertz CT molecular complexity index is 1560. The molecule has 2 aliphatic carbocycles. The molecule has 0 bridgehead atoms. The van der Waals surface area contributed by atoms with E-state index in [2.05, 4.69) is 48.0 Å². The van der Waals surface area contributed by atoms with Crippen molar-refractivity contribution in [2.75, 3.05) is 37.7 Å². The summed E-state index contributed by atoms with van der Waals surface area (Å²) in [4.78, 5) is 29.7. The number of carbonyl (C=O) groups is 2. The zero-order valence-electron chi connectivity index (χ0n) is 23.9. The van der Waals surface area contributed by atoms with Crippen LogP contribution in [0.5, 0.6) is 23.0 Å². The molecule has 9 nitrogen and oxygen atoms in total. The van der Waals surface area contributed by atoms with Crippen molar-refractivity contribution >= 4 is 39.7 Å². The van der Waals surface area contributed by atoms with E-state index in [4.69, 9.17) is 19.9 Å². The summed E-state index contributed by atoms with van der Waals surface area (Å²) in [5.41, 5.74) is 8.87. The highest BCUT2D eigenvalue weighted by atomic mass is 32.2. The third kappa shape index (κ3) is 7.68. The lowest BCUT2D eigenvalue weighted by Crippen LogP contribution is -2.30. The SMILES string of the molecule is CCN(CC)CCOc1cc2nccc(Oc3ccc(N(SC(C)=O)C(N)=O)cc3F)c2cc1OC.c1cc2cc-2c1. The van der Waals surface area contributed by atoms with Gasteiger partial charge < -0.3 is 24.8 Å². The fourth-order valence-corrected chi connectivity index (χ4v) is 4.73. The Balaban J connectivity index is 0.000000587. The number of halogens is 1. The molecule has 0 radical (unpaired) electrons. The summed E-state index contributed by atoms with van der Waals surface area (Å²) < 4.78 is 33.1. The van der Waals surface area contributed by atoms with E-state index >= 15 is 0 Å². The van der Waals surface area contributed by atoms with Crippen LogP contribution in [-0.2, 0) is 4.79 Å². The van der Waals surface area contributed by atoms with Gasteiger partial charge in [0.05, 0.1) is 18.3 Å². The zero-order chi connectivity index (χ0) is 30.2. The van der Waals surface area contributed by atoms with Crippen molar-refractivity contribution in [3.63, 3.8) is 0 Å². The molecule has 2 aliphatic rings. The Labute approximate surface area is 248 Å². The number of amides is 2. The maximum Gasteiger partial charge on any atom is 0.329 e. The van der Waals surface area contributed by atoms with Crippen molar-refractivity contribution in [3.8, 4) is 34.1 Å². The molecule has 1 aromatic heterocycles. The summed E-state index contributed by atoms with van der Waals surface area (Å²) in [7, 11) is 1.54. The second-order valence-electron chi connectivity index (χ2n) is 9.22. The van der Waals surface area contributed by atoms with E-state index in [1.54, 1.807) is 24.4 Å². The number of hydrogen-bond acceptors (Lipinski definition) is 8. The quantitative estimate of drug-likeness (QED) is 0.180. The van der Waals surface area contributed by atoms with Gasteiger partial charge in [0.25, 0.3) is 0 Å². The average molecular weight is 593 g/mol. The van der Waals surface area contributed by atoms with Crippen LogP contribution in [0.1, 0.15) is 20.8 Å². The number of urea groups is 1. The number of rotatable bonds is 10. The van der Waals surface area contributed by atoms with Crippen molar-refractivity contribution in [3.05, 3.63) is 72.7 Å². The smallest absolute Gasteiger partial charge is 0.329 e. The first-order chi connectivity index (χ1) is 20.2. The lowest BCUT2D eigenvalue weighted by molar-refractivity contribution is -0.109. The van der Waals surface area contributed by atoms with E-state index in [0.29, 0.717) is 46.7 Å². The van der Waals surface area contributed by atoms with E-state index in [9.17, 15) is 14.0 Å². The summed E-state index contributed by atoms with van der Waals surface area (Å²) in [5, 5.41) is 0.225. The number of hydrogen-bond donors (Lipinski definition) is 1. The Morgan fingerprint density at radius 3 is 2.24 bits per heavy atom. The number of benzene rings is 3. The van der Waals surface area contributed by atoms with Gasteiger partial charge in [-0.1, -0.05) is 32.0 Å². The van der Waals surface area contributed by atoms with Crippen molar-refractivity contribution in [2.24, 2.45) is 5.73 Å². The van der Waals surface area contributed by atoms with E-state index in [0.717, 1.165) is 30.0 Å². The van der Waals surface area contributed by atoms with Crippen molar-refractivity contribution in [2.45, 2.75) is 20.8 Å². The molecular formula is C31H33FN4O5S. The molecule has 2 amide bonds. The van der Waals surface area contributed by atoms with Gasteiger partial charge >= 0.3 is 6.03 Å². The first-order valence-electron chi connectivity index (χ1n) is 13.4. The minimum atomic E-state index is -0.898. The van der Waals surface area contributed by atoms with Crippen LogP contribution in [0.4, 0.5) is 14.9 Å². The molecule has 1 heterocycles. The molecule has 220 valence electrons. The van der Waals surface area contributed by atoms with Crippen LogP contribution in [0.2, 0.25) is 0 Å². The topological polar surface area (TPSA) is 107 Å². The second-order valence-corrected chi connectivity index (χ2v) is 10.3. The lowest BCUT2D eigenvalue weighted by atomic mass is 10.1. The number of anilines is 1. The minimum absolute atomic E-state index is 0.0815. The van der Waals surface area contributed by atoms with Crippen LogP contribution < -0.4 is 24.2 Å². The average Bonchev–Trinajstić information content (AvgIpc) is 3.58. The highest BCUT2D eigenvalue weighted by molar-refractivity contribution is 8.15. The van der Waals surface area contributed by atoms with Crippen molar-refractivity contribution in [1.29, 1.82) is 0 Å². The van der Waals surface area contributed by atoms with Gasteiger partial charge in [-0.3, -0.25) is 9.78 Å². The Hall–Kier alpha value is -4.35. The van der Waals surface area contributed by atoms with Crippen molar-refractivity contribution in [1.82, 2.24) is 9.88 Å². The molecule has 5 rings (SSSR count). The number of pyridine rings is 1. The van der Waals surface area contributed by atoms with Crippen LogP contribution in [0.15, 0.2) is 66.9 Å². The van der Waals surface area contributed by atoms with Gasteiger partial charge in [-0.15, -0.1) is 0 Å². The predicted molar refractivity (Wildman–Crippen MR) is 164 cm³/mol. The largest absolute Gasteiger partial charge is 0.493 e. The van der Waals surface area contributed by atoms with Gasteiger partial charge in [0.1, 0.15) is 12.4 Å². The Morgan fingerprint density at radius 2 is 1.69 bits per heavy atom. The highest BCUT2D eigenvalue weighted by Crippen LogP contribution is 2.38. The Kier molecular flexibility index (Phi) is 10.2. The van der Waals surface area contributed by atoms with Gasteiger partial charge in [0.15, 0.2) is 23.1 Å². The number of fused-ring (bicyclic) bond motifs is 2. The van der Waals surface area contributed by atoms with Crippen molar-refractivity contribution < 1.29 is 28.2 Å². The second kappa shape index (κ2) is 14.0. The van der Waals surface area contributed by atoms with Gasteiger partial charge in [-0.2, -0.15) is 0 Å². The molecule has 0 aliphatic heterocycles. The molecule has 0 saturated heterocycles. The summed E-state index contributed by atoms with van der Waals surface area (Å²) in [5.74, 6) is 0.573. The van der Waals surface area contributed by atoms with E-state index in [1.807, 2.05) is 0 Å². The minimum Gasteiger partial charge on any atom is -0.493 e. The van der Waals surface area contributed by atoms with Crippen LogP contribution in [0.3, 0.4) is 0 Å². The van der Waals surface area contributed by atoms with E-state index in [-0.39, 0.29) is 16.6 Å². The molecule has 3 aromatic rings.